The molecule has 0 saturated heterocycles. The van der Waals surface area contributed by atoms with Crippen LogP contribution in [0, 0.1) is 0 Å². The zero-order chi connectivity index (χ0) is 19.2. The molecule has 26 heavy (non-hydrogen) atoms. The maximum Gasteiger partial charge on any atom is 0.321 e. The Balaban J connectivity index is 1.94. The van der Waals surface area contributed by atoms with Crippen LogP contribution in [0.15, 0.2) is 24.3 Å². The van der Waals surface area contributed by atoms with Crippen LogP contribution in [-0.4, -0.2) is 22.2 Å². The van der Waals surface area contributed by atoms with Crippen molar-refractivity contribution in [3.63, 3.8) is 0 Å². The highest BCUT2D eigenvalue weighted by Crippen LogP contribution is 2.15. The van der Waals surface area contributed by atoms with E-state index >= 15 is 0 Å². The van der Waals surface area contributed by atoms with Gasteiger partial charge in [0.25, 0.3) is 0 Å². The summed E-state index contributed by atoms with van der Waals surface area (Å²) in [5, 5.41) is 7.95. The Bertz CT molecular complexity index is 531. The maximum absolute atomic E-state index is 12.1. The molecule has 1 aromatic rings. The molecular weight excluding hydrogens is 350 g/mol. The van der Waals surface area contributed by atoms with Gasteiger partial charge in [-0.1, -0.05) is 75.6 Å². The van der Waals surface area contributed by atoms with E-state index in [0.717, 1.165) is 43.2 Å². The van der Waals surface area contributed by atoms with Gasteiger partial charge in [-0.05, 0) is 18.4 Å². The first kappa shape index (κ1) is 22.7. The minimum Gasteiger partial charge on any atom is -0.480 e. The second-order valence-corrected chi connectivity index (χ2v) is 7.38. The van der Waals surface area contributed by atoms with Gasteiger partial charge in [0, 0.05) is 18.5 Å². The Morgan fingerprint density at radius 1 is 0.885 bits per heavy atom. The fraction of sp³-hybridized carbons (Fsp3) is 0.619. The summed E-state index contributed by atoms with van der Waals surface area (Å²) >= 11 is 5.67. The van der Waals surface area contributed by atoms with E-state index in [0.29, 0.717) is 19.4 Å². The van der Waals surface area contributed by atoms with Crippen LogP contribution in [0.2, 0.25) is 0 Å². The average molecular weight is 382 g/mol. The van der Waals surface area contributed by atoms with Crippen molar-refractivity contribution in [3.8, 4) is 0 Å². The predicted octanol–water partition coefficient (Wildman–Crippen LogP) is 5.31. The van der Waals surface area contributed by atoms with Gasteiger partial charge in [-0.25, -0.2) is 0 Å². The van der Waals surface area contributed by atoms with Crippen LogP contribution in [0.1, 0.15) is 86.6 Å². The van der Waals surface area contributed by atoms with Crippen molar-refractivity contribution < 1.29 is 14.7 Å². The number of nitrogens with two attached hydrogens (primary N) is 1. The molecule has 0 aliphatic carbocycles. The molecule has 3 N–H and O–H groups in total. The summed E-state index contributed by atoms with van der Waals surface area (Å²) in [6.07, 6.45) is 11.1. The lowest BCUT2D eigenvalue weighted by molar-refractivity contribution is -0.136. The monoisotopic (exact) mass is 381 g/mol. The lowest BCUT2D eigenvalue weighted by Crippen LogP contribution is -2.12. The van der Waals surface area contributed by atoms with Gasteiger partial charge in [0.2, 0.25) is 0 Å². The van der Waals surface area contributed by atoms with Gasteiger partial charge in [-0.3, -0.25) is 9.59 Å². The number of hydrogen-bond donors (Lipinski definition) is 2. The smallest absolute Gasteiger partial charge is 0.321 e. The van der Waals surface area contributed by atoms with Crippen LogP contribution < -0.4 is 5.73 Å². The fourth-order valence-electron chi connectivity index (χ4n) is 2.94. The third-order valence-electron chi connectivity index (χ3n) is 4.64. The second-order valence-electron chi connectivity index (χ2n) is 6.85. The molecule has 0 spiro atoms. The number of carbonyl (C=O) groups excluding carboxylic acids is 1. The van der Waals surface area contributed by atoms with E-state index in [2.05, 4.69) is 0 Å². The van der Waals surface area contributed by atoms with Crippen LogP contribution in [0.5, 0.6) is 0 Å². The van der Waals surface area contributed by atoms with Gasteiger partial charge in [0.05, 0.1) is 0 Å². The number of rotatable bonds is 15. The maximum atomic E-state index is 12.1. The number of hydrogen-bond acceptors (Lipinski definition) is 3. The molecule has 0 amide bonds. The first-order valence-corrected chi connectivity index (χ1v) is 10.2. The normalized spacial score (nSPS) is 12.1. The lowest BCUT2D eigenvalue weighted by Gasteiger charge is -2.05. The number of carbonyl (C=O) groups is 2. The summed E-state index contributed by atoms with van der Waals surface area (Å²) in [6.45, 7) is 0.504. The second kappa shape index (κ2) is 13.8. The summed E-state index contributed by atoms with van der Waals surface area (Å²) in [7, 11) is 0. The number of halogens is 1. The zero-order valence-corrected chi connectivity index (χ0v) is 16.3. The zero-order valence-electron chi connectivity index (χ0n) is 15.6. The number of benzene rings is 1. The molecule has 146 valence electrons. The summed E-state index contributed by atoms with van der Waals surface area (Å²) in [5.74, 6) is -0.703. The SMILES string of the molecule is NCc1ccc(C(=O)CCCCCCCCCCCC(Cl)C(=O)O)cc1. The first-order valence-electron chi connectivity index (χ1n) is 9.73. The molecule has 0 aliphatic rings. The van der Waals surface area contributed by atoms with E-state index in [4.69, 9.17) is 22.4 Å². The van der Waals surface area contributed by atoms with Crippen LogP contribution in [-0.2, 0) is 11.3 Å². The third kappa shape index (κ3) is 9.93. The number of alkyl halides is 1. The van der Waals surface area contributed by atoms with Crippen molar-refractivity contribution in [2.75, 3.05) is 0 Å². The number of aliphatic carboxylic acids is 1. The van der Waals surface area contributed by atoms with E-state index in [1.807, 2.05) is 24.3 Å². The standard InChI is InChI=1S/C21H32ClNO3/c22-19(21(25)26)10-8-6-4-2-1-3-5-7-9-11-20(24)18-14-12-17(16-23)13-15-18/h12-15,19H,1-11,16,23H2,(H,25,26). The molecule has 0 radical (unpaired) electrons. The van der Waals surface area contributed by atoms with E-state index < -0.39 is 11.3 Å². The van der Waals surface area contributed by atoms with E-state index in [1.165, 1.54) is 25.7 Å². The van der Waals surface area contributed by atoms with Gasteiger partial charge < -0.3 is 10.8 Å². The number of carboxylic acids is 1. The molecule has 1 rings (SSSR count). The highest BCUT2D eigenvalue weighted by molar-refractivity contribution is 6.29. The highest BCUT2D eigenvalue weighted by Gasteiger charge is 2.11. The third-order valence-corrected chi connectivity index (χ3v) is 5.05. The van der Waals surface area contributed by atoms with Gasteiger partial charge >= 0.3 is 5.97 Å². The van der Waals surface area contributed by atoms with Crippen molar-refractivity contribution in [2.45, 2.75) is 82.6 Å². The van der Waals surface area contributed by atoms with Crippen LogP contribution in [0.25, 0.3) is 0 Å². The van der Waals surface area contributed by atoms with Crippen LogP contribution in [0.4, 0.5) is 0 Å². The van der Waals surface area contributed by atoms with E-state index in [-0.39, 0.29) is 5.78 Å². The molecule has 1 aromatic carbocycles. The van der Waals surface area contributed by atoms with E-state index in [1.54, 1.807) is 0 Å². The van der Waals surface area contributed by atoms with Gasteiger partial charge in [-0.2, -0.15) is 0 Å². The number of unbranched alkanes of at least 4 members (excludes halogenated alkanes) is 8. The Morgan fingerprint density at radius 2 is 1.38 bits per heavy atom. The van der Waals surface area contributed by atoms with Crippen molar-refractivity contribution in [2.24, 2.45) is 5.73 Å². The summed E-state index contributed by atoms with van der Waals surface area (Å²) in [5.41, 5.74) is 7.39. The molecule has 0 bridgehead atoms. The number of Topliss-reactive ketones (excluding diaryl/α,β-unsaturated/α-hetero) is 1. The Morgan fingerprint density at radius 3 is 1.88 bits per heavy atom. The minimum absolute atomic E-state index is 0.215. The molecule has 0 aliphatic heterocycles. The molecular formula is C21H32ClNO3. The molecule has 0 saturated carbocycles. The van der Waals surface area contributed by atoms with Crippen LogP contribution >= 0.6 is 11.6 Å². The summed E-state index contributed by atoms with van der Waals surface area (Å²) in [4.78, 5) is 22.7. The molecule has 5 heteroatoms. The largest absolute Gasteiger partial charge is 0.480 e. The molecule has 1 atom stereocenters. The van der Waals surface area contributed by atoms with E-state index in [9.17, 15) is 9.59 Å². The predicted molar refractivity (Wildman–Crippen MR) is 107 cm³/mol. The lowest BCUT2D eigenvalue weighted by atomic mass is 10.0. The van der Waals surface area contributed by atoms with Gasteiger partial charge in [-0.15, -0.1) is 11.6 Å². The van der Waals surface area contributed by atoms with Crippen molar-refractivity contribution >= 4 is 23.4 Å². The van der Waals surface area contributed by atoms with Gasteiger partial charge in [0.1, 0.15) is 5.38 Å². The molecule has 1 unspecified atom stereocenters. The Hall–Kier alpha value is -1.39. The first-order chi connectivity index (χ1) is 12.5. The molecule has 0 heterocycles. The van der Waals surface area contributed by atoms with Gasteiger partial charge in [0.15, 0.2) is 5.78 Å². The Kier molecular flexibility index (Phi) is 12.0. The Labute approximate surface area is 162 Å². The topological polar surface area (TPSA) is 80.4 Å². The summed E-state index contributed by atoms with van der Waals surface area (Å²) in [6, 6.07) is 7.57. The fourth-order valence-corrected chi connectivity index (χ4v) is 3.10. The van der Waals surface area contributed by atoms with Crippen molar-refractivity contribution in [3.05, 3.63) is 35.4 Å². The minimum atomic E-state index is -0.919. The molecule has 0 aromatic heterocycles. The number of ketones is 1. The summed E-state index contributed by atoms with van der Waals surface area (Å²) < 4.78 is 0. The average Bonchev–Trinajstić information content (AvgIpc) is 2.65. The van der Waals surface area contributed by atoms with Crippen molar-refractivity contribution in [1.29, 1.82) is 0 Å². The molecule has 4 nitrogen and oxygen atoms in total. The van der Waals surface area contributed by atoms with Crippen LogP contribution in [0.3, 0.4) is 0 Å². The molecule has 0 fully saturated rings. The highest BCUT2D eigenvalue weighted by atomic mass is 35.5. The number of carboxylic acid groups (broad SMARTS) is 1. The van der Waals surface area contributed by atoms with Crippen molar-refractivity contribution in [1.82, 2.24) is 0 Å². The quantitative estimate of drug-likeness (QED) is 0.245.